The smallest absolute Gasteiger partial charge is 0.136 e. The lowest BCUT2D eigenvalue weighted by atomic mass is 9.85. The number of fused-ring (bicyclic) bond motifs is 1. The zero-order valence-electron chi connectivity index (χ0n) is 15.0. The Hall–Kier alpha value is -2.14. The monoisotopic (exact) mass is 338 g/mol. The molecule has 1 aliphatic heterocycles. The number of nitrogens with zero attached hydrogens (tertiary/aromatic N) is 3. The number of hydrogen-bond donors (Lipinski definition) is 2. The van der Waals surface area contributed by atoms with Gasteiger partial charge in [0.05, 0.1) is 6.61 Å². The highest BCUT2D eigenvalue weighted by atomic mass is 16.3. The number of benzene rings is 1. The first-order valence-corrected chi connectivity index (χ1v) is 9.15. The Kier molecular flexibility index (Phi) is 4.12. The van der Waals surface area contributed by atoms with E-state index >= 15 is 0 Å². The molecule has 2 aromatic rings. The molecule has 0 amide bonds. The Bertz CT molecular complexity index is 770. The van der Waals surface area contributed by atoms with Crippen LogP contribution in [-0.4, -0.2) is 33.8 Å². The average Bonchev–Trinajstić information content (AvgIpc) is 3.43. The van der Waals surface area contributed by atoms with E-state index in [4.69, 9.17) is 10.1 Å². The third-order valence-corrected chi connectivity index (χ3v) is 5.17. The van der Waals surface area contributed by atoms with Gasteiger partial charge in [0.2, 0.25) is 0 Å². The minimum absolute atomic E-state index is 0.00221. The van der Waals surface area contributed by atoms with Gasteiger partial charge in [0.15, 0.2) is 0 Å². The molecule has 5 nitrogen and oxygen atoms in total. The van der Waals surface area contributed by atoms with E-state index in [9.17, 15) is 0 Å². The van der Waals surface area contributed by atoms with Crippen LogP contribution in [0.3, 0.4) is 0 Å². The summed E-state index contributed by atoms with van der Waals surface area (Å²) >= 11 is 0. The van der Waals surface area contributed by atoms with Crippen LogP contribution in [0.25, 0.3) is 0 Å². The van der Waals surface area contributed by atoms with Gasteiger partial charge in [0.25, 0.3) is 0 Å². The van der Waals surface area contributed by atoms with E-state index in [1.54, 1.807) is 0 Å². The van der Waals surface area contributed by atoms with Crippen LogP contribution >= 0.6 is 0 Å². The third kappa shape index (κ3) is 3.33. The van der Waals surface area contributed by atoms with Crippen LogP contribution in [0.5, 0.6) is 0 Å². The van der Waals surface area contributed by atoms with Crippen molar-refractivity contribution >= 4 is 11.6 Å². The van der Waals surface area contributed by atoms with Gasteiger partial charge in [-0.05, 0) is 44.2 Å². The van der Waals surface area contributed by atoms with Crippen molar-refractivity contribution in [3.63, 3.8) is 0 Å². The predicted octanol–water partition coefficient (Wildman–Crippen LogP) is 3.10. The van der Waals surface area contributed by atoms with Gasteiger partial charge in [-0.1, -0.05) is 24.3 Å². The molecule has 25 heavy (non-hydrogen) atoms. The first-order valence-electron chi connectivity index (χ1n) is 9.15. The van der Waals surface area contributed by atoms with Gasteiger partial charge in [-0.15, -0.1) is 0 Å². The molecule has 4 rings (SSSR count). The van der Waals surface area contributed by atoms with Crippen molar-refractivity contribution in [2.75, 3.05) is 23.4 Å². The van der Waals surface area contributed by atoms with Gasteiger partial charge in [-0.2, -0.15) is 0 Å². The molecule has 132 valence electrons. The summed E-state index contributed by atoms with van der Waals surface area (Å²) in [6, 6.07) is 10.7. The number of rotatable bonds is 5. The molecule has 2 aliphatic rings. The third-order valence-electron chi connectivity index (χ3n) is 5.17. The Morgan fingerprint density at radius 1 is 1.20 bits per heavy atom. The summed E-state index contributed by atoms with van der Waals surface area (Å²) in [7, 11) is 0. The summed E-state index contributed by atoms with van der Waals surface area (Å²) in [6.07, 6.45) is 3.36. The fourth-order valence-corrected chi connectivity index (χ4v) is 3.61. The minimum atomic E-state index is -0.00221. The summed E-state index contributed by atoms with van der Waals surface area (Å²) < 4.78 is 0. The highest BCUT2D eigenvalue weighted by Crippen LogP contribution is 2.40. The molecule has 0 unspecified atom stereocenters. The minimum Gasteiger partial charge on any atom is -0.395 e. The van der Waals surface area contributed by atoms with Crippen molar-refractivity contribution < 1.29 is 5.11 Å². The quantitative estimate of drug-likeness (QED) is 0.877. The van der Waals surface area contributed by atoms with E-state index in [2.05, 4.69) is 53.3 Å². The van der Waals surface area contributed by atoms with Crippen molar-refractivity contribution in [3.8, 4) is 0 Å². The molecule has 1 fully saturated rings. The van der Waals surface area contributed by atoms with E-state index in [-0.39, 0.29) is 12.1 Å². The Morgan fingerprint density at radius 3 is 2.68 bits per heavy atom. The van der Waals surface area contributed by atoms with E-state index < -0.39 is 0 Å². The summed E-state index contributed by atoms with van der Waals surface area (Å²) in [5, 5.41) is 12.3. The molecule has 0 spiro atoms. The number of aliphatic hydroxyl groups is 1. The van der Waals surface area contributed by atoms with Crippen LogP contribution in [0.1, 0.15) is 49.6 Å². The van der Waals surface area contributed by atoms with E-state index in [0.29, 0.717) is 12.5 Å². The molecular weight excluding hydrogens is 312 g/mol. The van der Waals surface area contributed by atoms with Crippen molar-refractivity contribution in [1.82, 2.24) is 9.97 Å². The average molecular weight is 338 g/mol. The van der Waals surface area contributed by atoms with Crippen LogP contribution in [-0.2, 0) is 13.0 Å². The topological polar surface area (TPSA) is 61.3 Å². The molecule has 5 heteroatoms. The molecule has 1 aromatic carbocycles. The van der Waals surface area contributed by atoms with E-state index in [1.807, 2.05) is 6.07 Å². The zero-order chi connectivity index (χ0) is 17.4. The lowest BCUT2D eigenvalue weighted by Gasteiger charge is -2.44. The molecule has 1 saturated carbocycles. The molecular formula is C20H26N4O. The normalized spacial score (nSPS) is 18.8. The second kappa shape index (κ2) is 6.30. The zero-order valence-corrected chi connectivity index (χ0v) is 15.0. The standard InChI is InChI=1S/C20H26N4O/c1-20(2)12-15-5-3-4-6-16(15)13-24(20)18-11-17(21-9-10-25)22-19(23-18)14-7-8-14/h3-6,11,14,25H,7-10,12-13H2,1-2H3,(H,21,22,23). The largest absolute Gasteiger partial charge is 0.395 e. The summed E-state index contributed by atoms with van der Waals surface area (Å²) in [5.74, 6) is 3.23. The number of aliphatic hydroxyl groups excluding tert-OH is 1. The van der Waals surface area contributed by atoms with Crippen LogP contribution in [0.15, 0.2) is 30.3 Å². The lowest BCUT2D eigenvalue weighted by Crippen LogP contribution is -2.49. The number of anilines is 2. The van der Waals surface area contributed by atoms with Gasteiger partial charge in [-0.3, -0.25) is 0 Å². The summed E-state index contributed by atoms with van der Waals surface area (Å²) in [4.78, 5) is 12.0. The SMILES string of the molecule is CC1(C)Cc2ccccc2CN1c1cc(NCCO)nc(C2CC2)n1. The maximum Gasteiger partial charge on any atom is 0.136 e. The Morgan fingerprint density at radius 2 is 1.96 bits per heavy atom. The van der Waals surface area contributed by atoms with Gasteiger partial charge in [0, 0.05) is 30.6 Å². The fraction of sp³-hybridized carbons (Fsp3) is 0.500. The van der Waals surface area contributed by atoms with Crippen molar-refractivity contribution in [2.24, 2.45) is 0 Å². The predicted molar refractivity (Wildman–Crippen MR) is 100.0 cm³/mol. The summed E-state index contributed by atoms with van der Waals surface area (Å²) in [6.45, 7) is 6.03. The van der Waals surface area contributed by atoms with E-state index in [1.165, 1.54) is 24.0 Å². The number of nitrogens with one attached hydrogen (secondary N) is 1. The van der Waals surface area contributed by atoms with Gasteiger partial charge in [0.1, 0.15) is 17.5 Å². The van der Waals surface area contributed by atoms with Gasteiger partial charge < -0.3 is 15.3 Å². The highest BCUT2D eigenvalue weighted by molar-refractivity contribution is 5.54. The fourth-order valence-electron chi connectivity index (χ4n) is 3.61. The second-order valence-corrected chi connectivity index (χ2v) is 7.74. The van der Waals surface area contributed by atoms with Crippen LogP contribution < -0.4 is 10.2 Å². The molecule has 0 bridgehead atoms. The number of hydrogen-bond acceptors (Lipinski definition) is 5. The molecule has 2 N–H and O–H groups in total. The molecule has 0 saturated heterocycles. The summed E-state index contributed by atoms with van der Waals surface area (Å²) in [5.41, 5.74) is 2.80. The first kappa shape index (κ1) is 16.3. The van der Waals surface area contributed by atoms with Gasteiger partial charge in [-0.25, -0.2) is 9.97 Å². The maximum atomic E-state index is 9.11. The molecule has 0 radical (unpaired) electrons. The Balaban J connectivity index is 1.71. The van der Waals surface area contributed by atoms with Crippen LogP contribution in [0.2, 0.25) is 0 Å². The first-order chi connectivity index (χ1) is 12.1. The molecule has 0 atom stereocenters. The van der Waals surface area contributed by atoms with E-state index in [0.717, 1.165) is 30.4 Å². The maximum absolute atomic E-state index is 9.11. The molecule has 1 aromatic heterocycles. The van der Waals surface area contributed by atoms with Crippen LogP contribution in [0.4, 0.5) is 11.6 Å². The molecule has 2 heterocycles. The molecule has 1 aliphatic carbocycles. The Labute approximate surface area is 149 Å². The highest BCUT2D eigenvalue weighted by Gasteiger charge is 2.35. The van der Waals surface area contributed by atoms with Crippen molar-refractivity contribution in [3.05, 3.63) is 47.3 Å². The second-order valence-electron chi connectivity index (χ2n) is 7.74. The van der Waals surface area contributed by atoms with Crippen molar-refractivity contribution in [2.45, 2.75) is 51.1 Å². The van der Waals surface area contributed by atoms with Crippen molar-refractivity contribution in [1.29, 1.82) is 0 Å². The number of aromatic nitrogens is 2. The lowest BCUT2D eigenvalue weighted by molar-refractivity contribution is 0.311. The van der Waals surface area contributed by atoms with Gasteiger partial charge >= 0.3 is 0 Å². The van der Waals surface area contributed by atoms with Crippen LogP contribution in [0, 0.1) is 0 Å².